The zero-order valence-electron chi connectivity index (χ0n) is 21.3. The molecule has 9 heteroatoms. The molecule has 4 aromatic rings. The summed E-state index contributed by atoms with van der Waals surface area (Å²) in [6.07, 6.45) is 3.29. The molecular formula is C28H30ClFN4O2S. The summed E-state index contributed by atoms with van der Waals surface area (Å²) in [6.45, 7) is 10.5. The average molecular weight is 541 g/mol. The number of aromatic hydroxyl groups is 1. The van der Waals surface area contributed by atoms with E-state index < -0.39 is 5.82 Å². The second-order valence-corrected chi connectivity index (χ2v) is 11.7. The number of hydrogen-bond donors (Lipinski definition) is 1. The van der Waals surface area contributed by atoms with Gasteiger partial charge in [0.15, 0.2) is 0 Å². The van der Waals surface area contributed by atoms with Crippen LogP contribution < -0.4 is 10.6 Å². The number of nitrogens with zero attached hydrogens (tertiary/aromatic N) is 4. The first-order valence-electron chi connectivity index (χ1n) is 12.2. The van der Waals surface area contributed by atoms with E-state index in [0.29, 0.717) is 27.4 Å². The molecule has 0 unspecified atom stereocenters. The Hall–Kier alpha value is -3.07. The van der Waals surface area contributed by atoms with Crippen LogP contribution >= 0.6 is 22.9 Å². The maximum Gasteiger partial charge on any atom is 0.332 e. The van der Waals surface area contributed by atoms with Gasteiger partial charge in [-0.2, -0.15) is 0 Å². The van der Waals surface area contributed by atoms with Crippen molar-refractivity contribution in [3.05, 3.63) is 75.5 Å². The molecule has 0 saturated carbocycles. The van der Waals surface area contributed by atoms with Crippen LogP contribution in [0.2, 0.25) is 5.02 Å². The van der Waals surface area contributed by atoms with Crippen molar-refractivity contribution in [2.45, 2.75) is 26.3 Å². The van der Waals surface area contributed by atoms with E-state index in [1.807, 2.05) is 11.4 Å². The molecule has 6 nitrogen and oxygen atoms in total. The first kappa shape index (κ1) is 25.6. The molecule has 3 heterocycles. The van der Waals surface area contributed by atoms with Crippen molar-refractivity contribution in [2.24, 2.45) is 7.05 Å². The van der Waals surface area contributed by atoms with E-state index in [2.05, 4.69) is 30.6 Å². The summed E-state index contributed by atoms with van der Waals surface area (Å²) >= 11 is 8.12. The van der Waals surface area contributed by atoms with E-state index in [1.165, 1.54) is 21.3 Å². The zero-order valence-corrected chi connectivity index (χ0v) is 22.9. The minimum Gasteiger partial charge on any atom is -0.507 e. The molecular weight excluding hydrogens is 511 g/mol. The summed E-state index contributed by atoms with van der Waals surface area (Å²) in [6, 6.07) is 9.76. The van der Waals surface area contributed by atoms with Crippen molar-refractivity contribution >= 4 is 27.9 Å². The summed E-state index contributed by atoms with van der Waals surface area (Å²) in [5.74, 6) is -0.460. The van der Waals surface area contributed by atoms with E-state index in [1.54, 1.807) is 49.0 Å². The SMILES string of the molecule is Cn1ccn(-c2ccc(-c3cc(F)cc(-c4csc(N5CCN(C(C)(C)C)CC5)c4)c3O)cc2Cl)c1=O. The molecule has 1 aliphatic heterocycles. The fourth-order valence-electron chi connectivity index (χ4n) is 4.79. The van der Waals surface area contributed by atoms with Crippen LogP contribution in [0, 0.1) is 5.82 Å². The second kappa shape index (κ2) is 9.67. The van der Waals surface area contributed by atoms with Crippen LogP contribution in [-0.2, 0) is 7.05 Å². The van der Waals surface area contributed by atoms with E-state index in [-0.39, 0.29) is 17.0 Å². The van der Waals surface area contributed by atoms with Gasteiger partial charge >= 0.3 is 5.69 Å². The van der Waals surface area contributed by atoms with E-state index in [4.69, 9.17) is 11.6 Å². The van der Waals surface area contributed by atoms with Crippen LogP contribution in [0.4, 0.5) is 9.39 Å². The van der Waals surface area contributed by atoms with E-state index in [0.717, 1.165) is 36.7 Å². The van der Waals surface area contributed by atoms with Crippen LogP contribution in [0.3, 0.4) is 0 Å². The van der Waals surface area contributed by atoms with Crippen molar-refractivity contribution in [3.8, 4) is 33.7 Å². The number of phenols is 1. The van der Waals surface area contributed by atoms with E-state index in [9.17, 15) is 14.3 Å². The molecule has 2 aromatic carbocycles. The van der Waals surface area contributed by atoms with Gasteiger partial charge in [0.05, 0.1) is 15.7 Å². The molecule has 2 aromatic heterocycles. The number of aryl methyl sites for hydroxylation is 1. The van der Waals surface area contributed by atoms with Crippen molar-refractivity contribution in [3.63, 3.8) is 0 Å². The number of anilines is 1. The second-order valence-electron chi connectivity index (χ2n) is 10.4. The highest BCUT2D eigenvalue weighted by molar-refractivity contribution is 7.14. The van der Waals surface area contributed by atoms with Crippen molar-refractivity contribution in [1.82, 2.24) is 14.0 Å². The third-order valence-electron chi connectivity index (χ3n) is 6.98. The lowest BCUT2D eigenvalue weighted by atomic mass is 9.98. The molecule has 0 atom stereocenters. The van der Waals surface area contributed by atoms with E-state index >= 15 is 0 Å². The number of benzene rings is 2. The number of aromatic nitrogens is 2. The third-order valence-corrected chi connectivity index (χ3v) is 8.27. The number of phenolic OH excluding ortho intramolecular Hbond substituents is 1. The first-order valence-corrected chi connectivity index (χ1v) is 13.4. The Labute approximate surface area is 224 Å². The zero-order chi connectivity index (χ0) is 26.5. The van der Waals surface area contributed by atoms with Gasteiger partial charge in [-0.25, -0.2) is 9.18 Å². The number of thiophene rings is 1. The summed E-state index contributed by atoms with van der Waals surface area (Å²) in [5, 5.41) is 14.6. The molecule has 1 saturated heterocycles. The van der Waals surface area contributed by atoms with Gasteiger partial charge < -0.3 is 14.6 Å². The quantitative estimate of drug-likeness (QED) is 0.345. The van der Waals surface area contributed by atoms with Crippen molar-refractivity contribution < 1.29 is 9.50 Å². The summed E-state index contributed by atoms with van der Waals surface area (Å²) in [4.78, 5) is 17.2. The minimum atomic E-state index is -0.450. The average Bonchev–Trinajstić information content (AvgIpc) is 3.47. The number of imidazole rings is 1. The molecule has 0 spiro atoms. The van der Waals surface area contributed by atoms with Gasteiger partial charge in [-0.05, 0) is 62.2 Å². The Morgan fingerprint density at radius 3 is 2.24 bits per heavy atom. The Bertz CT molecular complexity index is 1510. The lowest BCUT2D eigenvalue weighted by Gasteiger charge is -2.42. The van der Waals surface area contributed by atoms with Crippen LogP contribution in [0.15, 0.2) is 59.0 Å². The number of piperazine rings is 1. The lowest BCUT2D eigenvalue weighted by molar-refractivity contribution is 0.128. The third kappa shape index (κ3) is 4.93. The van der Waals surface area contributed by atoms with Crippen molar-refractivity contribution in [1.29, 1.82) is 0 Å². The summed E-state index contributed by atoms with van der Waals surface area (Å²) in [7, 11) is 1.66. The topological polar surface area (TPSA) is 53.6 Å². The smallest absolute Gasteiger partial charge is 0.332 e. The van der Waals surface area contributed by atoms with Gasteiger partial charge in [-0.3, -0.25) is 9.47 Å². The Balaban J connectivity index is 1.44. The standard InChI is InChI=1S/C28H30ClFN4O2S/c1-28(2,3)33-10-8-32(9-11-33)25-14-19(17-37-25)22-16-20(30)15-21(26(22)35)18-5-6-24(23(29)13-18)34-12-7-31(4)27(34)36/h5-7,12-17,35H,8-11H2,1-4H3. The molecule has 1 fully saturated rings. The summed E-state index contributed by atoms with van der Waals surface area (Å²) < 4.78 is 17.7. The van der Waals surface area contributed by atoms with Gasteiger partial charge in [-0.1, -0.05) is 17.7 Å². The maximum atomic E-state index is 14.8. The Morgan fingerprint density at radius 1 is 0.973 bits per heavy atom. The highest BCUT2D eigenvalue weighted by Crippen LogP contribution is 2.43. The number of rotatable bonds is 4. The van der Waals surface area contributed by atoms with Gasteiger partial charge in [0.1, 0.15) is 11.6 Å². The first-order chi connectivity index (χ1) is 17.5. The van der Waals surface area contributed by atoms with Crippen LogP contribution in [0.5, 0.6) is 5.75 Å². The fourth-order valence-corrected chi connectivity index (χ4v) is 6.03. The molecule has 37 heavy (non-hydrogen) atoms. The Morgan fingerprint density at radius 2 is 1.65 bits per heavy atom. The fraction of sp³-hybridized carbons (Fsp3) is 0.321. The number of halogens is 2. The molecule has 1 N–H and O–H groups in total. The van der Waals surface area contributed by atoms with Gasteiger partial charge in [0, 0.05) is 67.7 Å². The van der Waals surface area contributed by atoms with Gasteiger partial charge in [-0.15, -0.1) is 11.3 Å². The monoisotopic (exact) mass is 540 g/mol. The van der Waals surface area contributed by atoms with Gasteiger partial charge in [0.25, 0.3) is 0 Å². The lowest BCUT2D eigenvalue weighted by Crippen LogP contribution is -2.53. The molecule has 1 aliphatic rings. The van der Waals surface area contributed by atoms with Gasteiger partial charge in [0.2, 0.25) is 0 Å². The van der Waals surface area contributed by atoms with Crippen molar-refractivity contribution in [2.75, 3.05) is 31.1 Å². The summed E-state index contributed by atoms with van der Waals surface area (Å²) in [5.41, 5.74) is 2.55. The highest BCUT2D eigenvalue weighted by Gasteiger charge is 2.26. The normalized spacial score (nSPS) is 14.9. The molecule has 0 bridgehead atoms. The predicted molar refractivity (Wildman–Crippen MR) is 150 cm³/mol. The van der Waals surface area contributed by atoms with Crippen LogP contribution in [-0.4, -0.2) is 50.9 Å². The molecule has 194 valence electrons. The Kier molecular flexibility index (Phi) is 6.68. The van der Waals surface area contributed by atoms with Crippen LogP contribution in [0.1, 0.15) is 20.8 Å². The molecule has 0 amide bonds. The molecule has 0 radical (unpaired) electrons. The predicted octanol–water partition coefficient (Wildman–Crippen LogP) is 5.99. The minimum absolute atomic E-state index is 0.0102. The number of hydrogen-bond acceptors (Lipinski definition) is 5. The largest absolute Gasteiger partial charge is 0.507 e. The molecule has 0 aliphatic carbocycles. The molecule has 5 rings (SSSR count). The highest BCUT2D eigenvalue weighted by atomic mass is 35.5. The maximum absolute atomic E-state index is 14.8. The van der Waals surface area contributed by atoms with Crippen LogP contribution in [0.25, 0.3) is 27.9 Å².